The van der Waals surface area contributed by atoms with Gasteiger partial charge in [-0.15, -0.1) is 0 Å². The van der Waals surface area contributed by atoms with Crippen LogP contribution in [0.5, 0.6) is 0 Å². The maximum absolute atomic E-state index is 13.2. The SMILES string of the molecule is CCc1cccc(C)c1NC(=O)/C(=C/c1cccc([N+](=O)[O-])c1)c1ccccc1. The second-order valence-corrected chi connectivity index (χ2v) is 6.69. The minimum absolute atomic E-state index is 0.0151. The molecule has 3 aromatic rings. The first kappa shape index (κ1) is 20.0. The molecule has 0 aliphatic carbocycles. The van der Waals surface area contributed by atoms with Crippen LogP contribution in [-0.2, 0) is 11.2 Å². The Morgan fingerprint density at radius 2 is 1.76 bits per heavy atom. The van der Waals surface area contributed by atoms with Crippen molar-refractivity contribution in [1.29, 1.82) is 0 Å². The highest BCUT2D eigenvalue weighted by atomic mass is 16.6. The minimum Gasteiger partial charge on any atom is -0.321 e. The molecule has 0 atom stereocenters. The number of carbonyl (C=O) groups excluding carboxylic acids is 1. The van der Waals surface area contributed by atoms with E-state index in [1.54, 1.807) is 18.2 Å². The van der Waals surface area contributed by atoms with Gasteiger partial charge in [-0.2, -0.15) is 0 Å². The smallest absolute Gasteiger partial charge is 0.270 e. The summed E-state index contributed by atoms with van der Waals surface area (Å²) in [5.74, 6) is -0.258. The largest absolute Gasteiger partial charge is 0.321 e. The second kappa shape index (κ2) is 8.97. The maximum Gasteiger partial charge on any atom is 0.270 e. The Hall–Kier alpha value is -3.73. The van der Waals surface area contributed by atoms with Gasteiger partial charge in [-0.25, -0.2) is 0 Å². The van der Waals surface area contributed by atoms with Crippen molar-refractivity contribution in [3.8, 4) is 0 Å². The first-order valence-corrected chi connectivity index (χ1v) is 9.41. The first-order valence-electron chi connectivity index (χ1n) is 9.41. The Balaban J connectivity index is 2.04. The zero-order valence-corrected chi connectivity index (χ0v) is 16.4. The van der Waals surface area contributed by atoms with E-state index in [4.69, 9.17) is 0 Å². The van der Waals surface area contributed by atoms with Gasteiger partial charge >= 0.3 is 0 Å². The van der Waals surface area contributed by atoms with Crippen molar-refractivity contribution in [1.82, 2.24) is 0 Å². The summed E-state index contributed by atoms with van der Waals surface area (Å²) in [5.41, 5.74) is 4.61. The lowest BCUT2D eigenvalue weighted by atomic mass is 10.0. The summed E-state index contributed by atoms with van der Waals surface area (Å²) in [7, 11) is 0. The number of nitro groups is 1. The van der Waals surface area contributed by atoms with E-state index in [0.717, 1.165) is 28.8 Å². The highest BCUT2D eigenvalue weighted by molar-refractivity contribution is 6.29. The molecule has 5 heteroatoms. The Kier molecular flexibility index (Phi) is 6.19. The van der Waals surface area contributed by atoms with Gasteiger partial charge in [0, 0.05) is 23.4 Å². The molecule has 146 valence electrons. The number of para-hydroxylation sites is 1. The Bertz CT molecular complexity index is 1070. The predicted molar refractivity (Wildman–Crippen MR) is 117 cm³/mol. The van der Waals surface area contributed by atoms with Crippen LogP contribution in [0.15, 0.2) is 72.8 Å². The summed E-state index contributed by atoms with van der Waals surface area (Å²) in [6.45, 7) is 4.00. The van der Waals surface area contributed by atoms with Gasteiger partial charge in [0.25, 0.3) is 11.6 Å². The molecule has 0 saturated carbocycles. The third-order valence-electron chi connectivity index (χ3n) is 4.70. The molecule has 0 fully saturated rings. The van der Waals surface area contributed by atoms with Gasteiger partial charge in [0.1, 0.15) is 0 Å². The molecule has 0 aliphatic heterocycles. The van der Waals surface area contributed by atoms with Gasteiger partial charge in [-0.1, -0.05) is 67.6 Å². The number of non-ortho nitro benzene ring substituents is 1. The monoisotopic (exact) mass is 386 g/mol. The Morgan fingerprint density at radius 1 is 1.03 bits per heavy atom. The van der Waals surface area contributed by atoms with Gasteiger partial charge in [-0.3, -0.25) is 14.9 Å². The molecule has 0 heterocycles. The van der Waals surface area contributed by atoms with E-state index in [-0.39, 0.29) is 11.6 Å². The van der Waals surface area contributed by atoms with E-state index in [9.17, 15) is 14.9 Å². The lowest BCUT2D eigenvalue weighted by Crippen LogP contribution is -2.15. The van der Waals surface area contributed by atoms with Crippen LogP contribution in [0.4, 0.5) is 11.4 Å². The number of benzene rings is 3. The molecule has 1 N–H and O–H groups in total. The van der Waals surface area contributed by atoms with Crippen molar-refractivity contribution < 1.29 is 9.72 Å². The van der Waals surface area contributed by atoms with E-state index >= 15 is 0 Å². The number of aryl methyl sites for hydroxylation is 2. The summed E-state index contributed by atoms with van der Waals surface area (Å²) >= 11 is 0. The first-order chi connectivity index (χ1) is 14.0. The average Bonchev–Trinajstić information content (AvgIpc) is 2.74. The van der Waals surface area contributed by atoms with Crippen LogP contribution < -0.4 is 5.32 Å². The van der Waals surface area contributed by atoms with Gasteiger partial charge in [0.05, 0.1) is 4.92 Å². The van der Waals surface area contributed by atoms with Crippen molar-refractivity contribution >= 4 is 28.9 Å². The quantitative estimate of drug-likeness (QED) is 0.258. The molecular weight excluding hydrogens is 364 g/mol. The lowest BCUT2D eigenvalue weighted by Gasteiger charge is -2.15. The number of nitrogens with one attached hydrogen (secondary N) is 1. The van der Waals surface area contributed by atoms with Gasteiger partial charge in [-0.05, 0) is 41.7 Å². The maximum atomic E-state index is 13.2. The molecule has 0 bridgehead atoms. The molecule has 1 amide bonds. The lowest BCUT2D eigenvalue weighted by molar-refractivity contribution is -0.384. The van der Waals surface area contributed by atoms with Crippen LogP contribution in [0.2, 0.25) is 0 Å². The molecule has 0 aromatic heterocycles. The molecule has 3 aromatic carbocycles. The third-order valence-corrected chi connectivity index (χ3v) is 4.70. The highest BCUT2D eigenvalue weighted by Gasteiger charge is 2.16. The van der Waals surface area contributed by atoms with E-state index in [1.807, 2.05) is 62.4 Å². The molecule has 0 radical (unpaired) electrons. The Labute approximate surface area is 169 Å². The van der Waals surface area contributed by atoms with Crippen molar-refractivity contribution in [2.75, 3.05) is 5.32 Å². The standard InChI is InChI=1S/C24H22N2O3/c1-3-19-13-7-9-17(2)23(19)25-24(27)22(20-11-5-4-6-12-20)16-18-10-8-14-21(15-18)26(28)29/h4-16H,3H2,1-2H3,(H,25,27)/b22-16+. The van der Waals surface area contributed by atoms with Crippen molar-refractivity contribution in [3.05, 3.63) is 105 Å². The molecule has 0 spiro atoms. The summed E-state index contributed by atoms with van der Waals surface area (Å²) in [5, 5.41) is 14.1. The van der Waals surface area contributed by atoms with Crippen LogP contribution >= 0.6 is 0 Å². The normalized spacial score (nSPS) is 11.2. The zero-order chi connectivity index (χ0) is 20.8. The number of amides is 1. The number of hydrogen-bond acceptors (Lipinski definition) is 3. The fourth-order valence-corrected chi connectivity index (χ4v) is 3.18. The summed E-state index contributed by atoms with van der Waals surface area (Å²) in [6.07, 6.45) is 2.48. The number of carbonyl (C=O) groups is 1. The number of hydrogen-bond donors (Lipinski definition) is 1. The summed E-state index contributed by atoms with van der Waals surface area (Å²) in [4.78, 5) is 23.9. The van der Waals surface area contributed by atoms with E-state index in [0.29, 0.717) is 11.1 Å². The van der Waals surface area contributed by atoms with Crippen molar-refractivity contribution in [3.63, 3.8) is 0 Å². The molecular formula is C24H22N2O3. The summed E-state index contributed by atoms with van der Waals surface area (Å²) < 4.78 is 0. The zero-order valence-electron chi connectivity index (χ0n) is 16.4. The number of rotatable bonds is 6. The molecule has 0 aliphatic rings. The summed E-state index contributed by atoms with van der Waals surface area (Å²) in [6, 6.07) is 21.5. The third kappa shape index (κ3) is 4.76. The van der Waals surface area contributed by atoms with E-state index in [2.05, 4.69) is 5.32 Å². The topological polar surface area (TPSA) is 72.2 Å². The van der Waals surface area contributed by atoms with Crippen LogP contribution in [0.1, 0.15) is 29.2 Å². The van der Waals surface area contributed by atoms with Gasteiger partial charge < -0.3 is 5.32 Å². The molecule has 0 saturated heterocycles. The molecule has 5 nitrogen and oxygen atoms in total. The van der Waals surface area contributed by atoms with Crippen molar-refractivity contribution in [2.45, 2.75) is 20.3 Å². The van der Waals surface area contributed by atoms with Gasteiger partial charge in [0.15, 0.2) is 0 Å². The fourth-order valence-electron chi connectivity index (χ4n) is 3.18. The van der Waals surface area contributed by atoms with Crippen molar-refractivity contribution in [2.24, 2.45) is 0 Å². The second-order valence-electron chi connectivity index (χ2n) is 6.69. The number of anilines is 1. The highest BCUT2D eigenvalue weighted by Crippen LogP contribution is 2.26. The molecule has 0 unspecified atom stereocenters. The predicted octanol–water partition coefficient (Wildman–Crippen LogP) is 5.64. The fraction of sp³-hybridized carbons (Fsp3) is 0.125. The number of nitro benzene ring substituents is 1. The minimum atomic E-state index is -0.444. The van der Waals surface area contributed by atoms with E-state index in [1.165, 1.54) is 12.1 Å². The van der Waals surface area contributed by atoms with Crippen LogP contribution in [0.25, 0.3) is 11.6 Å². The molecule has 3 rings (SSSR count). The van der Waals surface area contributed by atoms with Crippen LogP contribution in [0, 0.1) is 17.0 Å². The Morgan fingerprint density at radius 3 is 2.45 bits per heavy atom. The molecule has 29 heavy (non-hydrogen) atoms. The number of nitrogens with zero attached hydrogens (tertiary/aromatic N) is 1. The van der Waals surface area contributed by atoms with Crippen LogP contribution in [0.3, 0.4) is 0 Å². The van der Waals surface area contributed by atoms with Crippen LogP contribution in [-0.4, -0.2) is 10.8 Å². The average molecular weight is 386 g/mol. The van der Waals surface area contributed by atoms with E-state index < -0.39 is 4.92 Å². The van der Waals surface area contributed by atoms with Gasteiger partial charge in [0.2, 0.25) is 0 Å².